The van der Waals surface area contributed by atoms with Crippen LogP contribution in [-0.2, 0) is 10.0 Å². The molecule has 3 N–H and O–H groups in total. The van der Waals surface area contributed by atoms with Crippen molar-refractivity contribution in [1.82, 2.24) is 4.72 Å². The Bertz CT molecular complexity index is 578. The van der Waals surface area contributed by atoms with Gasteiger partial charge in [0, 0.05) is 23.1 Å². The van der Waals surface area contributed by atoms with Crippen LogP contribution in [0, 0.1) is 0 Å². The Hall–Kier alpha value is -0.830. The first-order valence-electron chi connectivity index (χ1n) is 6.53. The van der Waals surface area contributed by atoms with Crippen LogP contribution < -0.4 is 19.9 Å². The van der Waals surface area contributed by atoms with E-state index in [1.54, 1.807) is 6.07 Å². The lowest BCUT2D eigenvalue weighted by Crippen LogP contribution is -2.40. The summed E-state index contributed by atoms with van der Waals surface area (Å²) in [5.74, 6) is 0.799. The highest BCUT2D eigenvalue weighted by atomic mass is 79.9. The number of halogens is 1. The smallest absolute Gasteiger partial charge is 0.242 e. The van der Waals surface area contributed by atoms with Crippen molar-refractivity contribution in [2.45, 2.75) is 30.7 Å². The number of hydrogen-bond acceptors (Lipinski definition) is 5. The monoisotopic (exact) mass is 380 g/mol. The molecule has 21 heavy (non-hydrogen) atoms. The predicted molar refractivity (Wildman–Crippen MR) is 85.3 cm³/mol. The lowest BCUT2D eigenvalue weighted by Gasteiger charge is -2.18. The Labute approximate surface area is 134 Å². The highest BCUT2D eigenvalue weighted by Crippen LogP contribution is 2.35. The van der Waals surface area contributed by atoms with Gasteiger partial charge >= 0.3 is 0 Å². The quantitative estimate of drug-likeness (QED) is 0.718. The first kappa shape index (κ1) is 18.2. The van der Waals surface area contributed by atoms with Crippen molar-refractivity contribution in [2.75, 3.05) is 20.8 Å². The highest BCUT2D eigenvalue weighted by Gasteiger charge is 2.23. The average molecular weight is 381 g/mol. The second kappa shape index (κ2) is 7.98. The van der Waals surface area contributed by atoms with Crippen molar-refractivity contribution in [3.8, 4) is 11.5 Å². The lowest BCUT2D eigenvalue weighted by atomic mass is 10.2. The van der Waals surface area contributed by atoms with Crippen LogP contribution in [0.2, 0.25) is 0 Å². The van der Waals surface area contributed by atoms with Gasteiger partial charge in [0.15, 0.2) is 11.5 Å². The summed E-state index contributed by atoms with van der Waals surface area (Å²) in [4.78, 5) is 0.0923. The van der Waals surface area contributed by atoms with E-state index in [4.69, 9.17) is 15.2 Å². The van der Waals surface area contributed by atoms with Crippen molar-refractivity contribution >= 4 is 26.0 Å². The molecular formula is C13H21BrN2O4S. The first-order chi connectivity index (χ1) is 9.89. The van der Waals surface area contributed by atoms with Crippen molar-refractivity contribution in [3.05, 3.63) is 16.6 Å². The normalized spacial score (nSPS) is 13.0. The summed E-state index contributed by atoms with van der Waals surface area (Å²) < 4.78 is 38.2. The summed E-state index contributed by atoms with van der Waals surface area (Å²) in [6.45, 7) is 2.22. The number of nitrogens with one attached hydrogen (secondary N) is 1. The Balaban J connectivity index is 3.19. The zero-order chi connectivity index (χ0) is 16.0. The Kier molecular flexibility index (Phi) is 6.92. The van der Waals surface area contributed by atoms with E-state index in [1.165, 1.54) is 20.3 Å². The molecule has 0 saturated carbocycles. The molecule has 0 fully saturated rings. The SMILES string of the molecule is CCCC(CN)NS(=O)(=O)c1cc(OC)c(OC)cc1Br. The van der Waals surface area contributed by atoms with E-state index in [0.717, 1.165) is 6.42 Å². The molecule has 1 unspecified atom stereocenters. The summed E-state index contributed by atoms with van der Waals surface area (Å²) in [5.41, 5.74) is 5.60. The van der Waals surface area contributed by atoms with Gasteiger partial charge in [-0.05, 0) is 28.4 Å². The number of hydrogen-bond donors (Lipinski definition) is 2. The van der Waals surface area contributed by atoms with Crippen LogP contribution in [0.5, 0.6) is 11.5 Å². The fourth-order valence-electron chi connectivity index (χ4n) is 1.90. The maximum absolute atomic E-state index is 12.5. The number of ether oxygens (including phenoxy) is 2. The van der Waals surface area contributed by atoms with Gasteiger partial charge in [-0.3, -0.25) is 0 Å². The van der Waals surface area contributed by atoms with Crippen LogP contribution >= 0.6 is 15.9 Å². The van der Waals surface area contributed by atoms with Gasteiger partial charge in [0.25, 0.3) is 0 Å². The van der Waals surface area contributed by atoms with Crippen molar-refractivity contribution < 1.29 is 17.9 Å². The number of rotatable bonds is 8. The van der Waals surface area contributed by atoms with Crippen LogP contribution in [0.15, 0.2) is 21.5 Å². The lowest BCUT2D eigenvalue weighted by molar-refractivity contribution is 0.353. The second-order valence-electron chi connectivity index (χ2n) is 4.48. The van der Waals surface area contributed by atoms with Gasteiger partial charge in [-0.1, -0.05) is 13.3 Å². The number of methoxy groups -OCH3 is 2. The third-order valence-electron chi connectivity index (χ3n) is 2.97. The largest absolute Gasteiger partial charge is 0.493 e. The van der Waals surface area contributed by atoms with Crippen LogP contribution in [0.25, 0.3) is 0 Å². The molecule has 1 atom stereocenters. The number of sulfonamides is 1. The molecule has 1 aromatic rings. The van der Waals surface area contributed by atoms with Crippen molar-refractivity contribution in [3.63, 3.8) is 0 Å². The van der Waals surface area contributed by atoms with E-state index in [1.807, 2.05) is 6.92 Å². The van der Waals surface area contributed by atoms with Gasteiger partial charge in [-0.15, -0.1) is 0 Å². The zero-order valence-corrected chi connectivity index (χ0v) is 14.8. The molecule has 0 amide bonds. The van der Waals surface area contributed by atoms with Gasteiger partial charge in [0.1, 0.15) is 4.90 Å². The third kappa shape index (κ3) is 4.57. The molecule has 0 aliphatic heterocycles. The second-order valence-corrected chi connectivity index (χ2v) is 7.02. The Morgan fingerprint density at radius 1 is 1.29 bits per heavy atom. The molecule has 0 bridgehead atoms. The average Bonchev–Trinajstić information content (AvgIpc) is 2.45. The van der Waals surface area contributed by atoms with Crippen LogP contribution in [-0.4, -0.2) is 35.2 Å². The van der Waals surface area contributed by atoms with E-state index in [-0.39, 0.29) is 17.5 Å². The topological polar surface area (TPSA) is 90.7 Å². The zero-order valence-electron chi connectivity index (χ0n) is 12.3. The Morgan fingerprint density at radius 3 is 2.33 bits per heavy atom. The molecule has 0 aliphatic carbocycles. The molecule has 0 aliphatic rings. The minimum absolute atomic E-state index is 0.0923. The van der Waals surface area contributed by atoms with Crippen molar-refractivity contribution in [2.24, 2.45) is 5.73 Å². The maximum Gasteiger partial charge on any atom is 0.242 e. The maximum atomic E-state index is 12.5. The van der Waals surface area contributed by atoms with E-state index < -0.39 is 10.0 Å². The van der Waals surface area contributed by atoms with Gasteiger partial charge in [0.05, 0.1) is 14.2 Å². The van der Waals surface area contributed by atoms with E-state index >= 15 is 0 Å². The molecule has 8 heteroatoms. The fraction of sp³-hybridized carbons (Fsp3) is 0.538. The third-order valence-corrected chi connectivity index (χ3v) is 5.45. The molecule has 0 saturated heterocycles. The first-order valence-corrected chi connectivity index (χ1v) is 8.81. The molecule has 0 aromatic heterocycles. The summed E-state index contributed by atoms with van der Waals surface area (Å²) in [6, 6.07) is 2.69. The number of nitrogens with two attached hydrogens (primary N) is 1. The molecule has 0 radical (unpaired) electrons. The molecule has 0 heterocycles. The van der Waals surface area contributed by atoms with Crippen molar-refractivity contribution in [1.29, 1.82) is 0 Å². The van der Waals surface area contributed by atoms with Gasteiger partial charge in [-0.2, -0.15) is 0 Å². The highest BCUT2D eigenvalue weighted by molar-refractivity contribution is 9.10. The molecule has 0 spiro atoms. The summed E-state index contributed by atoms with van der Waals surface area (Å²) >= 11 is 3.25. The standard InChI is InChI=1S/C13H21BrN2O4S/c1-4-5-9(8-15)16-21(17,18)13-7-12(20-3)11(19-2)6-10(13)14/h6-7,9,16H,4-5,8,15H2,1-3H3. The predicted octanol–water partition coefficient (Wildman–Crippen LogP) is 1.87. The molecular weight excluding hydrogens is 360 g/mol. The molecule has 1 rings (SSSR count). The minimum Gasteiger partial charge on any atom is -0.493 e. The summed E-state index contributed by atoms with van der Waals surface area (Å²) in [6.07, 6.45) is 1.53. The molecule has 1 aromatic carbocycles. The van der Waals surface area contributed by atoms with E-state index in [2.05, 4.69) is 20.7 Å². The van der Waals surface area contributed by atoms with Gasteiger partial charge < -0.3 is 15.2 Å². The van der Waals surface area contributed by atoms with Crippen LogP contribution in [0.1, 0.15) is 19.8 Å². The number of benzene rings is 1. The Morgan fingerprint density at radius 2 is 1.86 bits per heavy atom. The molecule has 6 nitrogen and oxygen atoms in total. The van der Waals surface area contributed by atoms with Gasteiger partial charge in [-0.25, -0.2) is 13.1 Å². The van der Waals surface area contributed by atoms with E-state index in [0.29, 0.717) is 22.4 Å². The molecule has 120 valence electrons. The van der Waals surface area contributed by atoms with Crippen LogP contribution in [0.3, 0.4) is 0 Å². The van der Waals surface area contributed by atoms with E-state index in [9.17, 15) is 8.42 Å². The summed E-state index contributed by atoms with van der Waals surface area (Å²) in [5, 5.41) is 0. The van der Waals surface area contributed by atoms with Gasteiger partial charge in [0.2, 0.25) is 10.0 Å². The fourth-order valence-corrected chi connectivity index (χ4v) is 4.22. The van der Waals surface area contributed by atoms with Crippen LogP contribution in [0.4, 0.5) is 0 Å². The summed E-state index contributed by atoms with van der Waals surface area (Å²) in [7, 11) is -0.752. The minimum atomic E-state index is -3.69.